The van der Waals surface area contributed by atoms with Crippen LogP contribution in [0, 0.1) is 11.8 Å². The van der Waals surface area contributed by atoms with Gasteiger partial charge in [0.25, 0.3) is 0 Å². The zero-order valence-electron chi connectivity index (χ0n) is 10.8. The third-order valence-electron chi connectivity index (χ3n) is 3.41. The van der Waals surface area contributed by atoms with Gasteiger partial charge >= 0.3 is 0 Å². The third-order valence-corrected chi connectivity index (χ3v) is 3.41. The molecule has 0 amide bonds. The summed E-state index contributed by atoms with van der Waals surface area (Å²) in [4.78, 5) is 0. The molecule has 0 N–H and O–H groups in total. The van der Waals surface area contributed by atoms with Crippen molar-refractivity contribution in [1.82, 2.24) is 0 Å². The van der Waals surface area contributed by atoms with Gasteiger partial charge < -0.3 is 0 Å². The van der Waals surface area contributed by atoms with E-state index < -0.39 is 0 Å². The van der Waals surface area contributed by atoms with Crippen molar-refractivity contribution >= 4 is 0 Å². The first-order valence-corrected chi connectivity index (χ1v) is 6.60. The van der Waals surface area contributed by atoms with Crippen LogP contribution in [0.3, 0.4) is 0 Å². The Kier molecular flexibility index (Phi) is 5.14. The summed E-state index contributed by atoms with van der Waals surface area (Å²) >= 11 is 0. The maximum absolute atomic E-state index is 2.46. The van der Waals surface area contributed by atoms with Gasteiger partial charge in [-0.05, 0) is 55.1 Å². The van der Waals surface area contributed by atoms with Crippen molar-refractivity contribution in [1.29, 1.82) is 0 Å². The Hall–Kier alpha value is -0.520. The van der Waals surface area contributed by atoms with Crippen LogP contribution in [0.5, 0.6) is 0 Å². The van der Waals surface area contributed by atoms with E-state index in [1.807, 2.05) is 0 Å². The smallest absolute Gasteiger partial charge is 0.0139 e. The lowest BCUT2D eigenvalue weighted by Gasteiger charge is -2.31. The number of hydrogen-bond donors (Lipinski definition) is 0. The molecule has 0 aromatic carbocycles. The van der Waals surface area contributed by atoms with E-state index in [-0.39, 0.29) is 0 Å². The van der Waals surface area contributed by atoms with Gasteiger partial charge in [-0.25, -0.2) is 0 Å². The van der Waals surface area contributed by atoms with E-state index in [0.29, 0.717) is 0 Å². The van der Waals surface area contributed by atoms with Gasteiger partial charge in [-0.15, -0.1) is 0 Å². The van der Waals surface area contributed by atoms with Crippen molar-refractivity contribution in [3.63, 3.8) is 0 Å². The molecule has 1 aliphatic rings. The lowest BCUT2D eigenvalue weighted by atomic mass is 9.74. The molecule has 1 aliphatic carbocycles. The molecule has 0 nitrogen and oxygen atoms in total. The Morgan fingerprint density at radius 3 is 2.40 bits per heavy atom. The third kappa shape index (κ3) is 3.22. The molecule has 1 atom stereocenters. The van der Waals surface area contributed by atoms with Crippen molar-refractivity contribution in [2.45, 2.75) is 59.8 Å². The fraction of sp³-hybridized carbons (Fsp3) is 0.733. The molecule has 15 heavy (non-hydrogen) atoms. The highest BCUT2D eigenvalue weighted by atomic mass is 14.3. The van der Waals surface area contributed by atoms with Crippen LogP contribution in [0.2, 0.25) is 0 Å². The summed E-state index contributed by atoms with van der Waals surface area (Å²) in [7, 11) is 0. The van der Waals surface area contributed by atoms with Gasteiger partial charge in [0.05, 0.1) is 0 Å². The van der Waals surface area contributed by atoms with E-state index in [2.05, 4.69) is 39.8 Å². The molecular weight excluding hydrogens is 180 g/mol. The SMILES string of the molecule is CC/C=C1/CCCC(C(C)C)/C1=C/CC. The van der Waals surface area contributed by atoms with Crippen molar-refractivity contribution in [2.24, 2.45) is 11.8 Å². The van der Waals surface area contributed by atoms with E-state index >= 15 is 0 Å². The summed E-state index contributed by atoms with van der Waals surface area (Å²) < 4.78 is 0. The second-order valence-electron chi connectivity index (χ2n) is 4.95. The average Bonchev–Trinajstić information content (AvgIpc) is 2.21. The monoisotopic (exact) mass is 206 g/mol. The van der Waals surface area contributed by atoms with Crippen molar-refractivity contribution in [3.05, 3.63) is 23.3 Å². The van der Waals surface area contributed by atoms with E-state index in [4.69, 9.17) is 0 Å². The van der Waals surface area contributed by atoms with Gasteiger partial charge in [0.1, 0.15) is 0 Å². The van der Waals surface area contributed by atoms with Gasteiger partial charge in [0, 0.05) is 0 Å². The molecule has 0 aliphatic heterocycles. The Morgan fingerprint density at radius 2 is 1.87 bits per heavy atom. The molecule has 86 valence electrons. The normalized spacial score (nSPS) is 27.9. The Morgan fingerprint density at radius 1 is 1.20 bits per heavy atom. The number of rotatable bonds is 3. The highest BCUT2D eigenvalue weighted by Gasteiger charge is 2.24. The zero-order valence-corrected chi connectivity index (χ0v) is 10.8. The molecule has 0 saturated heterocycles. The van der Waals surface area contributed by atoms with E-state index in [9.17, 15) is 0 Å². The minimum absolute atomic E-state index is 0.795. The predicted octanol–water partition coefficient (Wildman–Crippen LogP) is 5.12. The summed E-state index contributed by atoms with van der Waals surface area (Å²) in [5.41, 5.74) is 3.31. The van der Waals surface area contributed by atoms with Gasteiger partial charge in [0.15, 0.2) is 0 Å². The summed E-state index contributed by atoms with van der Waals surface area (Å²) in [6.07, 6.45) is 11.4. The van der Waals surface area contributed by atoms with Crippen LogP contribution < -0.4 is 0 Å². The minimum atomic E-state index is 0.795. The molecule has 1 unspecified atom stereocenters. The molecular formula is C15H26. The molecule has 1 rings (SSSR count). The predicted molar refractivity (Wildman–Crippen MR) is 68.9 cm³/mol. The molecule has 0 aromatic rings. The van der Waals surface area contributed by atoms with Crippen LogP contribution in [-0.4, -0.2) is 0 Å². The van der Waals surface area contributed by atoms with Gasteiger partial charge in [-0.3, -0.25) is 0 Å². The van der Waals surface area contributed by atoms with Crippen LogP contribution in [0.15, 0.2) is 23.3 Å². The van der Waals surface area contributed by atoms with E-state index in [0.717, 1.165) is 11.8 Å². The summed E-state index contributed by atoms with van der Waals surface area (Å²) in [5, 5.41) is 0. The van der Waals surface area contributed by atoms with E-state index in [1.165, 1.54) is 32.1 Å². The van der Waals surface area contributed by atoms with Crippen molar-refractivity contribution < 1.29 is 0 Å². The first-order chi connectivity index (χ1) is 7.20. The second-order valence-corrected chi connectivity index (χ2v) is 4.95. The summed E-state index contributed by atoms with van der Waals surface area (Å²) in [6, 6.07) is 0. The topological polar surface area (TPSA) is 0 Å². The van der Waals surface area contributed by atoms with Crippen LogP contribution in [0.4, 0.5) is 0 Å². The van der Waals surface area contributed by atoms with Gasteiger partial charge in [-0.2, -0.15) is 0 Å². The highest BCUT2D eigenvalue weighted by Crippen LogP contribution is 2.38. The molecule has 0 bridgehead atoms. The van der Waals surface area contributed by atoms with E-state index in [1.54, 1.807) is 11.1 Å². The summed E-state index contributed by atoms with van der Waals surface area (Å²) in [5.74, 6) is 1.61. The molecule has 0 aromatic heterocycles. The minimum Gasteiger partial charge on any atom is -0.0813 e. The maximum atomic E-state index is 2.46. The number of allylic oxidation sites excluding steroid dienone is 4. The second kappa shape index (κ2) is 6.15. The standard InChI is InChI=1S/C15H26/c1-5-8-13-10-7-11-14(12(3)4)15(13)9-6-2/h8-9,12,14H,5-7,10-11H2,1-4H3/b13-8-,15-9+. The van der Waals surface area contributed by atoms with Crippen LogP contribution in [-0.2, 0) is 0 Å². The van der Waals surface area contributed by atoms with Crippen molar-refractivity contribution in [2.75, 3.05) is 0 Å². The largest absolute Gasteiger partial charge is 0.0813 e. The molecule has 0 heteroatoms. The summed E-state index contributed by atoms with van der Waals surface area (Å²) in [6.45, 7) is 9.23. The lowest BCUT2D eigenvalue weighted by molar-refractivity contribution is 0.384. The quantitative estimate of drug-likeness (QED) is 0.601. The van der Waals surface area contributed by atoms with Crippen LogP contribution >= 0.6 is 0 Å². The first kappa shape index (κ1) is 12.5. The molecule has 1 saturated carbocycles. The van der Waals surface area contributed by atoms with Gasteiger partial charge in [0.2, 0.25) is 0 Å². The highest BCUT2D eigenvalue weighted by molar-refractivity contribution is 5.35. The lowest BCUT2D eigenvalue weighted by Crippen LogP contribution is -2.18. The fourth-order valence-corrected chi connectivity index (χ4v) is 2.71. The molecule has 0 heterocycles. The number of hydrogen-bond acceptors (Lipinski definition) is 0. The molecule has 1 fully saturated rings. The average molecular weight is 206 g/mol. The first-order valence-electron chi connectivity index (χ1n) is 6.60. The Balaban J connectivity index is 2.91. The zero-order chi connectivity index (χ0) is 11.3. The van der Waals surface area contributed by atoms with Crippen LogP contribution in [0.25, 0.3) is 0 Å². The Labute approximate surface area is 95.5 Å². The fourth-order valence-electron chi connectivity index (χ4n) is 2.71. The molecule has 0 spiro atoms. The maximum Gasteiger partial charge on any atom is -0.0139 e. The van der Waals surface area contributed by atoms with Crippen molar-refractivity contribution in [3.8, 4) is 0 Å². The molecule has 0 radical (unpaired) electrons. The Bertz CT molecular complexity index is 243. The van der Waals surface area contributed by atoms with Gasteiger partial charge in [-0.1, -0.05) is 39.8 Å². The van der Waals surface area contributed by atoms with Crippen LogP contribution in [0.1, 0.15) is 59.8 Å².